The Balaban J connectivity index is 0.000000341. The van der Waals surface area contributed by atoms with E-state index >= 15 is 0 Å². The van der Waals surface area contributed by atoms with Crippen LogP contribution in [0.3, 0.4) is 0 Å². The molecule has 0 spiro atoms. The van der Waals surface area contributed by atoms with Crippen LogP contribution in [0.15, 0.2) is 91.3 Å². The Kier molecular flexibility index (Phi) is 9.43. The number of halogens is 2. The molecule has 1 heterocycles. The van der Waals surface area contributed by atoms with Crippen molar-refractivity contribution in [3.63, 3.8) is 0 Å². The number of aryl methyl sites for hydroxylation is 2. The van der Waals surface area contributed by atoms with Gasteiger partial charge in [-0.15, -0.1) is 41.1 Å². The number of hydrogen-bond donors (Lipinski definition) is 0. The number of hydrogen-bond acceptors (Lipinski definition) is 0. The molecule has 5 rings (SSSR count). The number of fused-ring (bicyclic) bond motifs is 2. The first-order valence-corrected chi connectivity index (χ1v) is 8.62. The zero-order chi connectivity index (χ0) is 17.2. The molecular weight excluding hydrogens is 552 g/mol. The average molecular weight is 573 g/mol. The molecule has 4 aromatic carbocycles. The SMILES string of the molecule is Cc1ccc[c-]1C.[Cl-].[Cl-].[Hf+4].c1ccc2cn(-c3cc4ccccc4[cH-]3)cc2c1. The number of nitrogens with zero attached hydrogens (tertiary/aromatic N) is 1. The molecule has 0 unspecified atom stereocenters. The van der Waals surface area contributed by atoms with Gasteiger partial charge in [0, 0.05) is 12.4 Å². The van der Waals surface area contributed by atoms with Crippen molar-refractivity contribution in [2.75, 3.05) is 0 Å². The van der Waals surface area contributed by atoms with Crippen LogP contribution in [0, 0.1) is 13.8 Å². The second kappa shape index (κ2) is 10.8. The van der Waals surface area contributed by atoms with Crippen molar-refractivity contribution >= 4 is 21.5 Å². The van der Waals surface area contributed by atoms with Crippen LogP contribution in [-0.2, 0) is 25.8 Å². The Labute approximate surface area is 197 Å². The summed E-state index contributed by atoms with van der Waals surface area (Å²) in [7, 11) is 0. The first-order valence-electron chi connectivity index (χ1n) is 8.62. The minimum Gasteiger partial charge on any atom is -1.00 e. The maximum absolute atomic E-state index is 2.23. The molecule has 0 fully saturated rings. The summed E-state index contributed by atoms with van der Waals surface area (Å²) >= 11 is 0. The van der Waals surface area contributed by atoms with Gasteiger partial charge in [0.15, 0.2) is 0 Å². The van der Waals surface area contributed by atoms with Crippen LogP contribution in [0.1, 0.15) is 11.1 Å². The molecule has 0 amide bonds. The molecule has 1 nitrogen and oxygen atoms in total. The third kappa shape index (κ3) is 5.26. The Morgan fingerprint density at radius 3 is 1.82 bits per heavy atom. The maximum atomic E-state index is 2.23. The van der Waals surface area contributed by atoms with Crippen LogP contribution in [0.4, 0.5) is 0 Å². The molecule has 4 heteroatoms. The molecule has 0 atom stereocenters. The van der Waals surface area contributed by atoms with Crippen LogP contribution in [0.25, 0.3) is 27.2 Å². The zero-order valence-corrected chi connectivity index (χ0v) is 21.0. The third-order valence-electron chi connectivity index (χ3n) is 4.77. The molecule has 0 bridgehead atoms. The number of aromatic nitrogens is 1. The van der Waals surface area contributed by atoms with Gasteiger partial charge in [-0.25, -0.2) is 12.1 Å². The van der Waals surface area contributed by atoms with E-state index < -0.39 is 0 Å². The summed E-state index contributed by atoms with van der Waals surface area (Å²) < 4.78 is 2.20. The molecule has 0 aliphatic heterocycles. The molecule has 0 radical (unpaired) electrons. The Morgan fingerprint density at radius 1 is 0.786 bits per heavy atom. The van der Waals surface area contributed by atoms with Gasteiger partial charge in [-0.05, 0) is 16.5 Å². The molecule has 0 saturated heterocycles. The van der Waals surface area contributed by atoms with Gasteiger partial charge in [0.2, 0.25) is 0 Å². The van der Waals surface area contributed by atoms with Gasteiger partial charge in [-0.2, -0.15) is 17.2 Å². The van der Waals surface area contributed by atoms with E-state index in [0.29, 0.717) is 0 Å². The van der Waals surface area contributed by atoms with E-state index in [0.717, 1.165) is 0 Å². The fourth-order valence-electron chi connectivity index (χ4n) is 3.11. The summed E-state index contributed by atoms with van der Waals surface area (Å²) in [6, 6.07) is 27.7. The maximum Gasteiger partial charge on any atom is 4.00 e. The Hall–Kier alpha value is -1.61. The predicted molar refractivity (Wildman–Crippen MR) is 108 cm³/mol. The summed E-state index contributed by atoms with van der Waals surface area (Å²) in [4.78, 5) is 0. The van der Waals surface area contributed by atoms with Gasteiger partial charge >= 0.3 is 25.8 Å². The quantitative estimate of drug-likeness (QED) is 0.204. The molecule has 0 N–H and O–H groups in total. The molecule has 140 valence electrons. The minimum absolute atomic E-state index is 0. The number of rotatable bonds is 1. The molecule has 1 aromatic heterocycles. The van der Waals surface area contributed by atoms with Crippen LogP contribution in [0.5, 0.6) is 0 Å². The predicted octanol–water partition coefficient (Wildman–Crippen LogP) is 0.530. The van der Waals surface area contributed by atoms with E-state index in [-0.39, 0.29) is 50.7 Å². The summed E-state index contributed by atoms with van der Waals surface area (Å²) in [5.74, 6) is 0. The van der Waals surface area contributed by atoms with Gasteiger partial charge in [0.1, 0.15) is 0 Å². The van der Waals surface area contributed by atoms with Crippen molar-refractivity contribution in [1.82, 2.24) is 4.57 Å². The van der Waals surface area contributed by atoms with Gasteiger partial charge in [0.25, 0.3) is 0 Å². The normalized spacial score (nSPS) is 9.64. The topological polar surface area (TPSA) is 4.93 Å². The van der Waals surface area contributed by atoms with Gasteiger partial charge in [-0.1, -0.05) is 44.2 Å². The van der Waals surface area contributed by atoms with Crippen LogP contribution in [0.2, 0.25) is 0 Å². The molecule has 5 aromatic rings. The largest absolute Gasteiger partial charge is 4.00 e. The Bertz CT molecular complexity index is 979. The summed E-state index contributed by atoms with van der Waals surface area (Å²) in [5, 5.41) is 5.15. The van der Waals surface area contributed by atoms with Crippen molar-refractivity contribution in [2.24, 2.45) is 0 Å². The van der Waals surface area contributed by atoms with E-state index in [1.807, 2.05) is 0 Å². The van der Waals surface area contributed by atoms with Crippen LogP contribution < -0.4 is 24.8 Å². The van der Waals surface area contributed by atoms with Gasteiger partial charge in [0.05, 0.1) is 0 Å². The summed E-state index contributed by atoms with van der Waals surface area (Å²) in [6.45, 7) is 4.24. The second-order valence-corrected chi connectivity index (χ2v) is 6.53. The van der Waals surface area contributed by atoms with Gasteiger partial charge < -0.3 is 29.4 Å². The van der Waals surface area contributed by atoms with Crippen molar-refractivity contribution in [3.8, 4) is 5.69 Å². The Morgan fingerprint density at radius 2 is 1.36 bits per heavy atom. The molecule has 0 aliphatic rings. The molecule has 0 saturated carbocycles. The van der Waals surface area contributed by atoms with E-state index in [2.05, 4.69) is 110 Å². The van der Waals surface area contributed by atoms with Crippen molar-refractivity contribution < 1.29 is 50.7 Å². The van der Waals surface area contributed by atoms with E-state index in [1.54, 1.807) is 0 Å². The summed E-state index contributed by atoms with van der Waals surface area (Å²) in [5.41, 5.74) is 4.01. The first kappa shape index (κ1) is 24.4. The van der Waals surface area contributed by atoms with Crippen molar-refractivity contribution in [3.05, 3.63) is 102 Å². The first-order chi connectivity index (χ1) is 12.2. The molecule has 28 heavy (non-hydrogen) atoms. The zero-order valence-electron chi connectivity index (χ0n) is 15.9. The van der Waals surface area contributed by atoms with Crippen molar-refractivity contribution in [2.45, 2.75) is 13.8 Å². The van der Waals surface area contributed by atoms with E-state index in [1.165, 1.54) is 38.4 Å². The van der Waals surface area contributed by atoms with Crippen LogP contribution in [-0.4, -0.2) is 4.57 Å². The van der Waals surface area contributed by atoms with E-state index in [9.17, 15) is 0 Å². The third-order valence-corrected chi connectivity index (χ3v) is 4.77. The second-order valence-electron chi connectivity index (χ2n) is 6.53. The molecule has 0 aliphatic carbocycles. The average Bonchev–Trinajstić information content (AvgIpc) is 3.33. The molecular formula is C24H21Cl2HfN. The fourth-order valence-corrected chi connectivity index (χ4v) is 3.11. The minimum atomic E-state index is 0. The monoisotopic (exact) mass is 573 g/mol. The fraction of sp³-hybridized carbons (Fsp3) is 0.0833. The smallest absolute Gasteiger partial charge is 1.00 e. The summed E-state index contributed by atoms with van der Waals surface area (Å²) in [6.07, 6.45) is 4.37. The van der Waals surface area contributed by atoms with Crippen molar-refractivity contribution in [1.29, 1.82) is 0 Å². The van der Waals surface area contributed by atoms with E-state index in [4.69, 9.17) is 0 Å². The standard InChI is InChI=1S/C17H12N.C7H9.2ClH.Hf/c1-2-6-14-10-17(9-13(14)5-1)18-11-15-7-3-4-8-16(15)12-18;1-6-4-3-5-7(6)2;;;/h1-12H;3-5H,1-2H3;2*1H;/q2*-1;;;+4/p-2. The number of benzene rings is 2. The van der Waals surface area contributed by atoms with Crippen LogP contribution >= 0.6 is 0 Å². The van der Waals surface area contributed by atoms with Gasteiger partial charge in [-0.3, -0.25) is 0 Å².